The van der Waals surface area contributed by atoms with E-state index in [4.69, 9.17) is 16.3 Å². The first-order valence-corrected chi connectivity index (χ1v) is 13.1. The molecule has 2 aromatic carbocycles. The summed E-state index contributed by atoms with van der Waals surface area (Å²) in [5.41, 5.74) is 4.73. The number of halogens is 1. The number of carbonyl (C=O) groups excluding carboxylic acids is 2. The first kappa shape index (κ1) is 27.2. The monoisotopic (exact) mass is 498 g/mol. The number of benzene rings is 2. The lowest BCUT2D eigenvalue weighted by Crippen LogP contribution is -2.39. The molecule has 1 fully saturated rings. The Balaban J connectivity index is 1.57. The maximum Gasteiger partial charge on any atom is 0.308 e. The molecule has 0 heterocycles. The minimum Gasteiger partial charge on any atom is -0.465 e. The van der Waals surface area contributed by atoms with Crippen molar-refractivity contribution in [3.8, 4) is 0 Å². The summed E-state index contributed by atoms with van der Waals surface area (Å²) in [5, 5.41) is 3.96. The van der Waals surface area contributed by atoms with Gasteiger partial charge in [-0.05, 0) is 92.4 Å². The molecule has 190 valence electrons. The van der Waals surface area contributed by atoms with Crippen molar-refractivity contribution in [3.05, 3.63) is 69.7 Å². The molecule has 0 bridgehead atoms. The summed E-state index contributed by atoms with van der Waals surface area (Å²) in [6.07, 6.45) is 5.88. The van der Waals surface area contributed by atoms with Gasteiger partial charge in [-0.15, -0.1) is 0 Å². The fourth-order valence-corrected chi connectivity index (χ4v) is 5.03. The van der Waals surface area contributed by atoms with Crippen molar-refractivity contribution in [2.24, 2.45) is 5.92 Å². The van der Waals surface area contributed by atoms with E-state index in [2.05, 4.69) is 23.5 Å². The zero-order chi connectivity index (χ0) is 25.4. The Kier molecular flexibility index (Phi) is 10.2. The summed E-state index contributed by atoms with van der Waals surface area (Å²) in [7, 11) is 3.90. The third-order valence-electron chi connectivity index (χ3n) is 7.00. The fourth-order valence-electron chi connectivity index (χ4n) is 4.91. The number of hydrogen-bond acceptors (Lipinski definition) is 4. The standard InChI is InChI=1S/C29H39ClN2O3/c1-20(2)29(34)35-17-5-6-21-7-16-27(24(18-21)19-31-3)22-10-14-26(15-11-22)32(4)28(33)23-8-12-25(30)13-9-23/h7-9,12-13,16,18,20,22,26,31H,5-6,10-11,14-15,17,19H2,1-4H3. The number of aryl methyl sites for hydroxylation is 1. The van der Waals surface area contributed by atoms with E-state index >= 15 is 0 Å². The fraction of sp³-hybridized carbons (Fsp3) is 0.517. The van der Waals surface area contributed by atoms with Gasteiger partial charge in [0.15, 0.2) is 0 Å². The van der Waals surface area contributed by atoms with Gasteiger partial charge in [-0.1, -0.05) is 43.6 Å². The third kappa shape index (κ3) is 7.55. The number of carbonyl (C=O) groups is 2. The normalized spacial score (nSPS) is 17.9. The molecular weight excluding hydrogens is 460 g/mol. The molecule has 0 saturated heterocycles. The van der Waals surface area contributed by atoms with Crippen molar-refractivity contribution >= 4 is 23.5 Å². The summed E-state index contributed by atoms with van der Waals surface area (Å²) in [5.74, 6) is 0.355. The summed E-state index contributed by atoms with van der Waals surface area (Å²) in [6.45, 7) is 5.01. The predicted molar refractivity (Wildman–Crippen MR) is 142 cm³/mol. The maximum absolute atomic E-state index is 12.9. The molecule has 0 atom stereocenters. The number of nitrogens with zero attached hydrogens (tertiary/aromatic N) is 1. The second kappa shape index (κ2) is 13.1. The molecule has 2 aromatic rings. The number of amides is 1. The Bertz CT molecular complexity index is 982. The molecule has 0 aliphatic heterocycles. The lowest BCUT2D eigenvalue weighted by atomic mass is 9.79. The van der Waals surface area contributed by atoms with E-state index < -0.39 is 0 Å². The van der Waals surface area contributed by atoms with Crippen molar-refractivity contribution in [2.75, 3.05) is 20.7 Å². The number of esters is 1. The molecule has 5 nitrogen and oxygen atoms in total. The molecule has 0 aromatic heterocycles. The van der Waals surface area contributed by atoms with Crippen LogP contribution < -0.4 is 5.32 Å². The Labute approximate surface area is 215 Å². The van der Waals surface area contributed by atoms with Crippen molar-refractivity contribution in [1.82, 2.24) is 10.2 Å². The van der Waals surface area contributed by atoms with Crippen molar-refractivity contribution < 1.29 is 14.3 Å². The first-order chi connectivity index (χ1) is 16.8. The third-order valence-corrected chi connectivity index (χ3v) is 7.25. The topological polar surface area (TPSA) is 58.6 Å². The quantitative estimate of drug-likeness (QED) is 0.323. The van der Waals surface area contributed by atoms with Crippen LogP contribution in [0, 0.1) is 5.92 Å². The van der Waals surface area contributed by atoms with E-state index in [1.165, 1.54) is 16.7 Å². The maximum atomic E-state index is 12.9. The van der Waals surface area contributed by atoms with E-state index in [0.29, 0.717) is 23.1 Å². The van der Waals surface area contributed by atoms with E-state index in [0.717, 1.165) is 45.1 Å². The summed E-state index contributed by atoms with van der Waals surface area (Å²) < 4.78 is 5.32. The number of rotatable bonds is 10. The highest BCUT2D eigenvalue weighted by atomic mass is 35.5. The van der Waals surface area contributed by atoms with Gasteiger partial charge in [-0.2, -0.15) is 0 Å². The largest absolute Gasteiger partial charge is 0.465 e. The molecular formula is C29H39ClN2O3. The molecule has 1 aliphatic rings. The average molecular weight is 499 g/mol. The Morgan fingerprint density at radius 2 is 1.77 bits per heavy atom. The molecule has 0 radical (unpaired) electrons. The molecule has 1 N–H and O–H groups in total. The molecule has 0 unspecified atom stereocenters. The van der Waals surface area contributed by atoms with E-state index in [9.17, 15) is 9.59 Å². The second-order valence-electron chi connectivity index (χ2n) is 9.92. The number of ether oxygens (including phenoxy) is 1. The Hall–Kier alpha value is -2.37. The molecule has 6 heteroatoms. The van der Waals surface area contributed by atoms with Gasteiger partial charge < -0.3 is 15.0 Å². The van der Waals surface area contributed by atoms with E-state index in [1.807, 2.05) is 32.8 Å². The molecule has 0 spiro atoms. The van der Waals surface area contributed by atoms with Gasteiger partial charge in [-0.3, -0.25) is 9.59 Å². The van der Waals surface area contributed by atoms with Gasteiger partial charge in [-0.25, -0.2) is 0 Å². The summed E-state index contributed by atoms with van der Waals surface area (Å²) >= 11 is 5.97. The Morgan fingerprint density at radius 1 is 1.09 bits per heavy atom. The zero-order valence-corrected chi connectivity index (χ0v) is 22.2. The molecule has 1 amide bonds. The summed E-state index contributed by atoms with van der Waals surface area (Å²) in [6, 6.07) is 14.2. The molecule has 3 rings (SSSR count). The number of hydrogen-bond donors (Lipinski definition) is 1. The molecule has 35 heavy (non-hydrogen) atoms. The smallest absolute Gasteiger partial charge is 0.308 e. The van der Waals surface area contributed by atoms with Gasteiger partial charge in [0.05, 0.1) is 12.5 Å². The van der Waals surface area contributed by atoms with Crippen LogP contribution >= 0.6 is 11.6 Å². The van der Waals surface area contributed by atoms with Crippen LogP contribution in [0.25, 0.3) is 0 Å². The number of nitrogens with one attached hydrogen (secondary N) is 1. The second-order valence-corrected chi connectivity index (χ2v) is 10.4. The van der Waals surface area contributed by atoms with Crippen LogP contribution in [-0.4, -0.2) is 43.5 Å². The van der Waals surface area contributed by atoms with Crippen LogP contribution in [0.1, 0.15) is 78.9 Å². The first-order valence-electron chi connectivity index (χ1n) is 12.8. The molecule has 1 saturated carbocycles. The van der Waals surface area contributed by atoms with Crippen molar-refractivity contribution in [1.29, 1.82) is 0 Å². The van der Waals surface area contributed by atoms with Crippen LogP contribution in [0.15, 0.2) is 42.5 Å². The van der Waals surface area contributed by atoms with Gasteiger partial charge in [0.25, 0.3) is 5.91 Å². The summed E-state index contributed by atoms with van der Waals surface area (Å²) in [4.78, 5) is 26.5. The highest BCUT2D eigenvalue weighted by Crippen LogP contribution is 2.37. The Morgan fingerprint density at radius 3 is 2.40 bits per heavy atom. The van der Waals surface area contributed by atoms with Gasteiger partial charge >= 0.3 is 5.97 Å². The zero-order valence-electron chi connectivity index (χ0n) is 21.5. The highest BCUT2D eigenvalue weighted by Gasteiger charge is 2.28. The lowest BCUT2D eigenvalue weighted by Gasteiger charge is -2.35. The van der Waals surface area contributed by atoms with Crippen molar-refractivity contribution in [3.63, 3.8) is 0 Å². The minimum atomic E-state index is -0.132. The predicted octanol–water partition coefficient (Wildman–Crippen LogP) is 5.99. The van der Waals surface area contributed by atoms with Gasteiger partial charge in [0.2, 0.25) is 0 Å². The van der Waals surface area contributed by atoms with E-state index in [1.54, 1.807) is 24.3 Å². The lowest BCUT2D eigenvalue weighted by molar-refractivity contribution is -0.147. The van der Waals surface area contributed by atoms with Crippen LogP contribution in [0.2, 0.25) is 5.02 Å². The minimum absolute atomic E-state index is 0.0596. The van der Waals surface area contributed by atoms with Crippen molar-refractivity contribution in [2.45, 2.75) is 70.9 Å². The SMILES string of the molecule is CNCc1cc(CCCOC(=O)C(C)C)ccc1C1CCC(N(C)C(=O)c2ccc(Cl)cc2)CC1. The van der Waals surface area contributed by atoms with Crippen LogP contribution in [0.5, 0.6) is 0 Å². The van der Waals surface area contributed by atoms with Gasteiger partial charge in [0.1, 0.15) is 0 Å². The average Bonchev–Trinajstić information content (AvgIpc) is 2.86. The van der Waals surface area contributed by atoms with Crippen LogP contribution in [0.4, 0.5) is 0 Å². The van der Waals surface area contributed by atoms with Crippen LogP contribution in [0.3, 0.4) is 0 Å². The van der Waals surface area contributed by atoms with Crippen LogP contribution in [-0.2, 0) is 22.5 Å². The van der Waals surface area contributed by atoms with Gasteiger partial charge in [0, 0.05) is 30.2 Å². The highest BCUT2D eigenvalue weighted by molar-refractivity contribution is 6.30. The van der Waals surface area contributed by atoms with E-state index in [-0.39, 0.29) is 23.8 Å². The molecule has 1 aliphatic carbocycles.